The van der Waals surface area contributed by atoms with Gasteiger partial charge < -0.3 is 5.32 Å². The first-order valence-electron chi connectivity index (χ1n) is 6.16. The van der Waals surface area contributed by atoms with E-state index in [9.17, 15) is 9.59 Å². The van der Waals surface area contributed by atoms with E-state index in [1.165, 1.54) is 6.21 Å². The average molecular weight is 283 g/mol. The van der Waals surface area contributed by atoms with Gasteiger partial charge >= 0.3 is 11.8 Å². The number of nitrogens with one attached hydrogen (secondary N) is 2. The first kappa shape index (κ1) is 14.3. The number of hydrazone groups is 1. The van der Waals surface area contributed by atoms with Gasteiger partial charge in [-0.15, -0.1) is 0 Å². The third-order valence-corrected chi connectivity index (χ3v) is 2.47. The maximum Gasteiger partial charge on any atom is 0.329 e. The number of rotatable bonds is 4. The minimum Gasteiger partial charge on any atom is -0.344 e. The molecule has 0 saturated carbocycles. The highest BCUT2D eigenvalue weighted by Crippen LogP contribution is 1.94. The third kappa shape index (κ3) is 4.83. The number of carbonyl (C=O) groups is 2. The van der Waals surface area contributed by atoms with Crippen LogP contribution in [0.2, 0.25) is 0 Å². The van der Waals surface area contributed by atoms with Gasteiger partial charge in [0.1, 0.15) is 0 Å². The standard InChI is InChI=1S/C14H13N5O2/c20-13(17-9-12-2-1-5-16-8-12)14(21)19-18-10-11-3-6-15-7-4-11/h1-8,10H,9H2,(H,17,20)(H,19,21)/b18-10+. The monoisotopic (exact) mass is 283 g/mol. The summed E-state index contributed by atoms with van der Waals surface area (Å²) in [5.41, 5.74) is 3.72. The number of nitrogens with zero attached hydrogens (tertiary/aromatic N) is 3. The number of aromatic nitrogens is 2. The molecule has 0 atom stereocenters. The van der Waals surface area contributed by atoms with E-state index in [4.69, 9.17) is 0 Å². The fourth-order valence-electron chi connectivity index (χ4n) is 1.43. The van der Waals surface area contributed by atoms with Crippen molar-refractivity contribution in [1.82, 2.24) is 20.7 Å². The molecule has 2 aromatic heterocycles. The van der Waals surface area contributed by atoms with Crippen molar-refractivity contribution in [3.05, 3.63) is 60.2 Å². The first-order valence-corrected chi connectivity index (χ1v) is 6.16. The predicted molar refractivity (Wildman–Crippen MR) is 76.1 cm³/mol. The van der Waals surface area contributed by atoms with E-state index >= 15 is 0 Å². The van der Waals surface area contributed by atoms with Crippen LogP contribution in [0, 0.1) is 0 Å². The van der Waals surface area contributed by atoms with Crippen molar-refractivity contribution in [2.45, 2.75) is 6.54 Å². The van der Waals surface area contributed by atoms with E-state index in [2.05, 4.69) is 25.8 Å². The van der Waals surface area contributed by atoms with Gasteiger partial charge in [-0.1, -0.05) is 6.07 Å². The van der Waals surface area contributed by atoms with E-state index < -0.39 is 11.8 Å². The maximum atomic E-state index is 11.5. The van der Waals surface area contributed by atoms with E-state index in [0.29, 0.717) is 0 Å². The van der Waals surface area contributed by atoms with Gasteiger partial charge in [0.2, 0.25) is 0 Å². The zero-order chi connectivity index (χ0) is 14.9. The van der Waals surface area contributed by atoms with Gasteiger partial charge in [-0.25, -0.2) is 5.43 Å². The lowest BCUT2D eigenvalue weighted by atomic mass is 10.3. The Morgan fingerprint density at radius 3 is 2.62 bits per heavy atom. The van der Waals surface area contributed by atoms with Crippen LogP contribution in [-0.4, -0.2) is 28.0 Å². The number of hydrogen-bond acceptors (Lipinski definition) is 5. The van der Waals surface area contributed by atoms with E-state index in [1.54, 1.807) is 49.1 Å². The van der Waals surface area contributed by atoms with Crippen molar-refractivity contribution in [2.24, 2.45) is 5.10 Å². The molecule has 0 unspecified atom stereocenters. The van der Waals surface area contributed by atoms with Gasteiger partial charge in [0.25, 0.3) is 0 Å². The molecule has 0 radical (unpaired) electrons. The van der Waals surface area contributed by atoms with Crippen molar-refractivity contribution < 1.29 is 9.59 Å². The second-order valence-electron chi connectivity index (χ2n) is 4.02. The molecule has 0 aromatic carbocycles. The Hall–Kier alpha value is -3.09. The van der Waals surface area contributed by atoms with Crippen LogP contribution in [0.15, 0.2) is 54.2 Å². The Bertz CT molecular complexity index is 628. The molecule has 0 spiro atoms. The Balaban J connectivity index is 1.78. The summed E-state index contributed by atoms with van der Waals surface area (Å²) in [7, 11) is 0. The molecule has 2 amide bonds. The number of amides is 2. The zero-order valence-corrected chi connectivity index (χ0v) is 11.1. The summed E-state index contributed by atoms with van der Waals surface area (Å²) in [4.78, 5) is 30.8. The van der Waals surface area contributed by atoms with E-state index in [-0.39, 0.29) is 6.54 Å². The Labute approximate surface area is 121 Å². The summed E-state index contributed by atoms with van der Waals surface area (Å²) in [6.07, 6.45) is 7.87. The molecule has 0 fully saturated rings. The summed E-state index contributed by atoms with van der Waals surface area (Å²) >= 11 is 0. The lowest BCUT2D eigenvalue weighted by Crippen LogP contribution is -2.37. The van der Waals surface area contributed by atoms with Crippen LogP contribution in [-0.2, 0) is 16.1 Å². The van der Waals surface area contributed by atoms with Crippen LogP contribution in [0.25, 0.3) is 0 Å². The summed E-state index contributed by atoms with van der Waals surface area (Å²) in [6.45, 7) is 0.230. The van der Waals surface area contributed by atoms with Crippen LogP contribution in [0.3, 0.4) is 0 Å². The van der Waals surface area contributed by atoms with Gasteiger partial charge in [-0.3, -0.25) is 19.6 Å². The Morgan fingerprint density at radius 1 is 1.10 bits per heavy atom. The van der Waals surface area contributed by atoms with Gasteiger partial charge in [0.05, 0.1) is 6.21 Å². The first-order chi connectivity index (χ1) is 10.3. The minimum atomic E-state index is -0.829. The number of pyridine rings is 2. The summed E-state index contributed by atoms with van der Waals surface area (Å²) in [5, 5.41) is 6.16. The van der Waals surface area contributed by atoms with Crippen molar-refractivity contribution in [2.75, 3.05) is 0 Å². The fourth-order valence-corrected chi connectivity index (χ4v) is 1.43. The molecule has 0 bridgehead atoms. The molecule has 106 valence electrons. The van der Waals surface area contributed by atoms with E-state index in [1.807, 2.05) is 0 Å². The van der Waals surface area contributed by atoms with Gasteiger partial charge in [0.15, 0.2) is 0 Å². The van der Waals surface area contributed by atoms with Gasteiger partial charge in [0, 0.05) is 31.3 Å². The summed E-state index contributed by atoms with van der Waals surface area (Å²) in [6, 6.07) is 6.99. The second kappa shape index (κ2) is 7.49. The highest BCUT2D eigenvalue weighted by molar-refractivity contribution is 6.35. The van der Waals surface area contributed by atoms with Crippen molar-refractivity contribution in [1.29, 1.82) is 0 Å². The molecule has 2 rings (SSSR count). The van der Waals surface area contributed by atoms with Crippen LogP contribution >= 0.6 is 0 Å². The molecule has 0 saturated heterocycles. The largest absolute Gasteiger partial charge is 0.344 e. The van der Waals surface area contributed by atoms with E-state index in [0.717, 1.165) is 11.1 Å². The van der Waals surface area contributed by atoms with Crippen LogP contribution in [0.4, 0.5) is 0 Å². The lowest BCUT2D eigenvalue weighted by Gasteiger charge is -2.03. The average Bonchev–Trinajstić information content (AvgIpc) is 2.54. The van der Waals surface area contributed by atoms with Crippen LogP contribution in [0.5, 0.6) is 0 Å². The molecule has 7 nitrogen and oxygen atoms in total. The molecule has 21 heavy (non-hydrogen) atoms. The van der Waals surface area contributed by atoms with Gasteiger partial charge in [-0.2, -0.15) is 5.10 Å². The minimum absolute atomic E-state index is 0.230. The SMILES string of the molecule is O=C(NCc1cccnc1)C(=O)N/N=C/c1ccncc1. The summed E-state index contributed by atoms with van der Waals surface area (Å²) in [5.74, 6) is -1.59. The molecular formula is C14H13N5O2. The molecule has 2 aromatic rings. The normalized spacial score (nSPS) is 10.3. The van der Waals surface area contributed by atoms with Crippen molar-refractivity contribution >= 4 is 18.0 Å². The quantitative estimate of drug-likeness (QED) is 0.477. The predicted octanol–water partition coefficient (Wildman–Crippen LogP) is 0.243. The van der Waals surface area contributed by atoms with Crippen LogP contribution in [0.1, 0.15) is 11.1 Å². The molecule has 2 heterocycles. The zero-order valence-electron chi connectivity index (χ0n) is 11.1. The highest BCUT2D eigenvalue weighted by Gasteiger charge is 2.11. The molecule has 2 N–H and O–H groups in total. The van der Waals surface area contributed by atoms with Gasteiger partial charge in [-0.05, 0) is 29.3 Å². The number of hydrogen-bond donors (Lipinski definition) is 2. The number of carbonyl (C=O) groups excluding carboxylic acids is 2. The molecule has 0 aliphatic heterocycles. The maximum absolute atomic E-state index is 11.5. The summed E-state index contributed by atoms with van der Waals surface area (Å²) < 4.78 is 0. The second-order valence-corrected chi connectivity index (χ2v) is 4.02. The van der Waals surface area contributed by atoms with Crippen molar-refractivity contribution in [3.8, 4) is 0 Å². The molecule has 7 heteroatoms. The molecule has 0 aliphatic carbocycles. The molecular weight excluding hydrogens is 270 g/mol. The Kier molecular flexibility index (Phi) is 5.11. The van der Waals surface area contributed by atoms with Crippen molar-refractivity contribution in [3.63, 3.8) is 0 Å². The van der Waals surface area contributed by atoms with Crippen LogP contribution < -0.4 is 10.7 Å². The fraction of sp³-hybridized carbons (Fsp3) is 0.0714. The Morgan fingerprint density at radius 2 is 1.90 bits per heavy atom. The third-order valence-electron chi connectivity index (χ3n) is 2.47. The topological polar surface area (TPSA) is 96.3 Å². The highest BCUT2D eigenvalue weighted by atomic mass is 16.2. The smallest absolute Gasteiger partial charge is 0.329 e. The molecule has 0 aliphatic rings. The lowest BCUT2D eigenvalue weighted by molar-refractivity contribution is -0.139.